The number of hydrogen-bond acceptors (Lipinski definition) is 2. The molecule has 0 amide bonds. The molecule has 132 valence electrons. The molecular formula is C24H20N2O. The number of ether oxygens (including phenoxy) is 1. The molecule has 5 rings (SSSR count). The zero-order chi connectivity index (χ0) is 18.5. The van der Waals surface area contributed by atoms with Crippen molar-refractivity contribution in [3.8, 4) is 17.0 Å². The molecule has 27 heavy (non-hydrogen) atoms. The summed E-state index contributed by atoms with van der Waals surface area (Å²) >= 11 is 0. The number of rotatable bonds is 2. The van der Waals surface area contributed by atoms with Gasteiger partial charge in [0.05, 0.1) is 18.3 Å². The van der Waals surface area contributed by atoms with Crippen LogP contribution in [0.1, 0.15) is 5.56 Å². The molecule has 3 aromatic carbocycles. The molecule has 0 bridgehead atoms. The average molecular weight is 352 g/mol. The smallest absolute Gasteiger partial charge is 0.119 e. The SMILES string of the molecule is COc1ccc2c(c1)c1cc3c(-c4ccccc4)nccc3c(C)c1n2C. The lowest BCUT2D eigenvalue weighted by Gasteiger charge is -2.10. The van der Waals surface area contributed by atoms with Crippen molar-refractivity contribution in [1.29, 1.82) is 0 Å². The van der Waals surface area contributed by atoms with Gasteiger partial charge >= 0.3 is 0 Å². The standard InChI is InChI=1S/C24H20N2O/c1-15-18-11-12-25-23(16-7-5-4-6-8-16)20(18)14-21-19-13-17(27-3)9-10-22(19)26(2)24(15)21/h4-14H,1-3H3. The van der Waals surface area contributed by atoms with Gasteiger partial charge in [0.15, 0.2) is 0 Å². The third kappa shape index (κ3) is 2.25. The predicted molar refractivity (Wildman–Crippen MR) is 112 cm³/mol. The maximum Gasteiger partial charge on any atom is 0.119 e. The lowest BCUT2D eigenvalue weighted by molar-refractivity contribution is 0.415. The Morgan fingerprint density at radius 3 is 2.44 bits per heavy atom. The quantitative estimate of drug-likeness (QED) is 0.398. The lowest BCUT2D eigenvalue weighted by atomic mass is 9.97. The first-order valence-electron chi connectivity index (χ1n) is 9.09. The maximum absolute atomic E-state index is 5.47. The fourth-order valence-corrected chi connectivity index (χ4v) is 4.22. The number of methoxy groups -OCH3 is 1. The minimum Gasteiger partial charge on any atom is -0.497 e. The Morgan fingerprint density at radius 1 is 0.852 bits per heavy atom. The van der Waals surface area contributed by atoms with E-state index in [1.807, 2.05) is 18.3 Å². The molecule has 3 heteroatoms. The molecule has 2 aromatic heterocycles. The van der Waals surface area contributed by atoms with Crippen LogP contribution in [0.4, 0.5) is 0 Å². The van der Waals surface area contributed by atoms with E-state index in [2.05, 4.69) is 67.1 Å². The van der Waals surface area contributed by atoms with Gasteiger partial charge in [0.25, 0.3) is 0 Å². The molecule has 0 spiro atoms. The second-order valence-corrected chi connectivity index (χ2v) is 6.96. The minimum atomic E-state index is 0.877. The van der Waals surface area contributed by atoms with Crippen molar-refractivity contribution in [2.24, 2.45) is 7.05 Å². The average Bonchev–Trinajstić information content (AvgIpc) is 3.00. The number of aromatic nitrogens is 2. The van der Waals surface area contributed by atoms with Gasteiger partial charge in [-0.05, 0) is 48.2 Å². The van der Waals surface area contributed by atoms with Crippen molar-refractivity contribution in [1.82, 2.24) is 9.55 Å². The third-order valence-corrected chi connectivity index (χ3v) is 5.53. The van der Waals surface area contributed by atoms with E-state index < -0.39 is 0 Å². The Morgan fingerprint density at radius 2 is 1.67 bits per heavy atom. The monoisotopic (exact) mass is 352 g/mol. The van der Waals surface area contributed by atoms with E-state index in [0.717, 1.165) is 17.0 Å². The van der Waals surface area contributed by atoms with Gasteiger partial charge in [0.1, 0.15) is 5.75 Å². The summed E-state index contributed by atoms with van der Waals surface area (Å²) in [6, 6.07) is 21.1. The molecule has 0 atom stereocenters. The van der Waals surface area contributed by atoms with Crippen molar-refractivity contribution in [3.63, 3.8) is 0 Å². The van der Waals surface area contributed by atoms with E-state index in [4.69, 9.17) is 9.72 Å². The van der Waals surface area contributed by atoms with Gasteiger partial charge in [-0.1, -0.05) is 30.3 Å². The summed E-state index contributed by atoms with van der Waals surface area (Å²) in [4.78, 5) is 4.71. The van der Waals surface area contributed by atoms with Crippen LogP contribution in [-0.4, -0.2) is 16.7 Å². The van der Waals surface area contributed by atoms with Crippen LogP contribution >= 0.6 is 0 Å². The molecule has 3 nitrogen and oxygen atoms in total. The Kier molecular flexibility index (Phi) is 3.44. The summed E-state index contributed by atoms with van der Waals surface area (Å²) in [6.07, 6.45) is 1.91. The van der Waals surface area contributed by atoms with E-state index in [0.29, 0.717) is 0 Å². The molecule has 0 N–H and O–H groups in total. The summed E-state index contributed by atoms with van der Waals surface area (Å²) in [5.74, 6) is 0.877. The first-order valence-corrected chi connectivity index (χ1v) is 9.09. The predicted octanol–water partition coefficient (Wildman–Crippen LogP) is 5.86. The highest BCUT2D eigenvalue weighted by molar-refractivity contribution is 6.16. The van der Waals surface area contributed by atoms with E-state index >= 15 is 0 Å². The van der Waals surface area contributed by atoms with Gasteiger partial charge in [-0.15, -0.1) is 0 Å². The number of nitrogens with zero attached hydrogens (tertiary/aromatic N) is 2. The van der Waals surface area contributed by atoms with Crippen LogP contribution in [0.2, 0.25) is 0 Å². The van der Waals surface area contributed by atoms with Gasteiger partial charge in [0.2, 0.25) is 0 Å². The summed E-state index contributed by atoms with van der Waals surface area (Å²) in [6.45, 7) is 2.20. The van der Waals surface area contributed by atoms with Crippen LogP contribution in [0.5, 0.6) is 5.75 Å². The van der Waals surface area contributed by atoms with E-state index in [1.165, 1.54) is 38.1 Å². The zero-order valence-corrected chi connectivity index (χ0v) is 15.7. The fraction of sp³-hybridized carbons (Fsp3) is 0.125. The van der Waals surface area contributed by atoms with Gasteiger partial charge in [-0.25, -0.2) is 0 Å². The van der Waals surface area contributed by atoms with Gasteiger partial charge in [-0.3, -0.25) is 4.98 Å². The number of hydrogen-bond donors (Lipinski definition) is 0. The fourth-order valence-electron chi connectivity index (χ4n) is 4.22. The van der Waals surface area contributed by atoms with Crippen molar-refractivity contribution in [3.05, 3.63) is 72.4 Å². The molecule has 0 fully saturated rings. The highest BCUT2D eigenvalue weighted by Gasteiger charge is 2.16. The van der Waals surface area contributed by atoms with Crippen LogP contribution in [0.25, 0.3) is 43.8 Å². The zero-order valence-electron chi connectivity index (χ0n) is 15.7. The Labute approximate surface area is 157 Å². The molecule has 0 aliphatic rings. The Hall–Kier alpha value is -3.33. The second-order valence-electron chi connectivity index (χ2n) is 6.96. The lowest BCUT2D eigenvalue weighted by Crippen LogP contribution is -1.92. The number of pyridine rings is 1. The van der Waals surface area contributed by atoms with Crippen LogP contribution in [0.15, 0.2) is 66.9 Å². The molecular weight excluding hydrogens is 332 g/mol. The van der Waals surface area contributed by atoms with Crippen LogP contribution in [-0.2, 0) is 7.05 Å². The number of fused-ring (bicyclic) bond motifs is 4. The summed E-state index contributed by atoms with van der Waals surface area (Å²) < 4.78 is 7.75. The van der Waals surface area contributed by atoms with E-state index in [1.54, 1.807) is 7.11 Å². The number of benzene rings is 3. The van der Waals surface area contributed by atoms with E-state index in [-0.39, 0.29) is 0 Å². The normalized spacial score (nSPS) is 11.5. The topological polar surface area (TPSA) is 27.1 Å². The van der Waals surface area contributed by atoms with Gasteiger partial charge in [0, 0.05) is 40.5 Å². The first-order chi connectivity index (χ1) is 13.2. The highest BCUT2D eigenvalue weighted by Crippen LogP contribution is 2.38. The molecule has 0 saturated carbocycles. The Bertz CT molecular complexity index is 1320. The van der Waals surface area contributed by atoms with Gasteiger partial charge < -0.3 is 9.30 Å². The molecule has 0 saturated heterocycles. The molecule has 2 heterocycles. The van der Waals surface area contributed by atoms with E-state index in [9.17, 15) is 0 Å². The molecule has 0 aliphatic heterocycles. The largest absolute Gasteiger partial charge is 0.497 e. The van der Waals surface area contributed by atoms with Crippen LogP contribution in [0.3, 0.4) is 0 Å². The molecule has 0 aliphatic carbocycles. The summed E-state index contributed by atoms with van der Waals surface area (Å²) in [5.41, 5.74) is 5.91. The molecule has 0 unspecified atom stereocenters. The Balaban J connectivity index is 1.97. The van der Waals surface area contributed by atoms with Crippen LogP contribution < -0.4 is 4.74 Å². The molecule has 0 radical (unpaired) electrons. The molecule has 5 aromatic rings. The van der Waals surface area contributed by atoms with Crippen molar-refractivity contribution in [2.75, 3.05) is 7.11 Å². The second kappa shape index (κ2) is 5.85. The van der Waals surface area contributed by atoms with Gasteiger partial charge in [-0.2, -0.15) is 0 Å². The first kappa shape index (κ1) is 15.9. The van der Waals surface area contributed by atoms with Crippen LogP contribution in [0, 0.1) is 6.92 Å². The minimum absolute atomic E-state index is 0.877. The summed E-state index contributed by atoms with van der Waals surface area (Å²) in [7, 11) is 3.85. The third-order valence-electron chi connectivity index (χ3n) is 5.53. The highest BCUT2D eigenvalue weighted by atomic mass is 16.5. The van der Waals surface area contributed by atoms with Crippen molar-refractivity contribution >= 4 is 32.6 Å². The maximum atomic E-state index is 5.47. The number of aryl methyl sites for hydroxylation is 2. The summed E-state index contributed by atoms with van der Waals surface area (Å²) in [5, 5.41) is 4.87. The van der Waals surface area contributed by atoms with Crippen molar-refractivity contribution < 1.29 is 4.74 Å². The van der Waals surface area contributed by atoms with Crippen molar-refractivity contribution in [2.45, 2.75) is 6.92 Å².